The smallest absolute Gasteiger partial charge is 0.242 e. The molecular formula is C17H23ClN2O3. The van der Waals surface area contributed by atoms with Crippen LogP contribution in [0.4, 0.5) is 5.69 Å². The minimum absolute atomic E-state index is 0.0194. The highest BCUT2D eigenvalue weighted by molar-refractivity contribution is 6.32. The Hall–Kier alpha value is -1.75. The average molecular weight is 339 g/mol. The number of nitrogens with zero attached hydrogens (tertiary/aromatic N) is 2. The van der Waals surface area contributed by atoms with Crippen LogP contribution in [0.25, 0.3) is 0 Å². The topological polar surface area (TPSA) is 49.9 Å². The second-order valence-electron chi connectivity index (χ2n) is 5.72. The molecule has 0 N–H and O–H groups in total. The van der Waals surface area contributed by atoms with Gasteiger partial charge in [-0.1, -0.05) is 24.4 Å². The Morgan fingerprint density at radius 1 is 1.22 bits per heavy atom. The number of methoxy groups -OCH3 is 1. The molecule has 1 aromatic carbocycles. The van der Waals surface area contributed by atoms with Gasteiger partial charge >= 0.3 is 0 Å². The van der Waals surface area contributed by atoms with E-state index in [0.29, 0.717) is 16.5 Å². The molecule has 2 amide bonds. The lowest BCUT2D eigenvalue weighted by atomic mass is 10.2. The second kappa shape index (κ2) is 8.20. The minimum atomic E-state index is -0.186. The van der Waals surface area contributed by atoms with Crippen molar-refractivity contribution < 1.29 is 14.3 Å². The fourth-order valence-corrected chi connectivity index (χ4v) is 3.01. The van der Waals surface area contributed by atoms with Crippen molar-refractivity contribution in [3.05, 3.63) is 23.2 Å². The monoisotopic (exact) mass is 338 g/mol. The van der Waals surface area contributed by atoms with Gasteiger partial charge in [0, 0.05) is 25.7 Å². The highest BCUT2D eigenvalue weighted by atomic mass is 35.5. The molecule has 6 heteroatoms. The molecule has 1 aliphatic heterocycles. The minimum Gasteiger partial charge on any atom is -0.495 e. The Balaban J connectivity index is 2.13. The zero-order valence-corrected chi connectivity index (χ0v) is 14.4. The summed E-state index contributed by atoms with van der Waals surface area (Å²) in [4.78, 5) is 27.8. The quantitative estimate of drug-likeness (QED) is 0.847. The van der Waals surface area contributed by atoms with Gasteiger partial charge in [0.05, 0.1) is 12.1 Å². The van der Waals surface area contributed by atoms with E-state index in [9.17, 15) is 9.59 Å². The van der Waals surface area contributed by atoms with Gasteiger partial charge in [-0.2, -0.15) is 0 Å². The summed E-state index contributed by atoms with van der Waals surface area (Å²) in [6.07, 6.45) is 4.38. The fourth-order valence-electron chi connectivity index (χ4n) is 2.76. The molecule has 23 heavy (non-hydrogen) atoms. The highest BCUT2D eigenvalue weighted by Crippen LogP contribution is 2.29. The Morgan fingerprint density at radius 2 is 1.87 bits per heavy atom. The summed E-state index contributed by atoms with van der Waals surface area (Å²) in [5.74, 6) is 0.334. The van der Waals surface area contributed by atoms with Crippen molar-refractivity contribution in [2.75, 3.05) is 31.6 Å². The predicted molar refractivity (Wildman–Crippen MR) is 91.1 cm³/mol. The van der Waals surface area contributed by atoms with Gasteiger partial charge in [-0.3, -0.25) is 9.59 Å². The number of rotatable bonds is 4. The first-order valence-electron chi connectivity index (χ1n) is 7.92. The summed E-state index contributed by atoms with van der Waals surface area (Å²) in [5, 5.41) is 0.415. The number of amides is 2. The van der Waals surface area contributed by atoms with Gasteiger partial charge in [0.15, 0.2) is 0 Å². The third-order valence-corrected chi connectivity index (χ3v) is 4.37. The molecule has 1 aromatic rings. The molecule has 1 saturated heterocycles. The predicted octanol–water partition coefficient (Wildman–Crippen LogP) is 3.10. The molecule has 0 atom stereocenters. The van der Waals surface area contributed by atoms with Crippen molar-refractivity contribution in [2.24, 2.45) is 0 Å². The number of benzene rings is 1. The van der Waals surface area contributed by atoms with Gasteiger partial charge in [-0.05, 0) is 31.0 Å². The van der Waals surface area contributed by atoms with Crippen LogP contribution < -0.4 is 9.64 Å². The normalized spacial score (nSPS) is 15.0. The molecule has 0 aromatic heterocycles. The zero-order chi connectivity index (χ0) is 16.8. The summed E-state index contributed by atoms with van der Waals surface area (Å²) < 4.78 is 5.12. The van der Waals surface area contributed by atoms with Crippen LogP contribution in [-0.4, -0.2) is 43.5 Å². The molecule has 126 valence electrons. The summed E-state index contributed by atoms with van der Waals surface area (Å²) in [6.45, 7) is 3.04. The van der Waals surface area contributed by atoms with Gasteiger partial charge < -0.3 is 14.5 Å². The number of likely N-dealkylation sites (tertiary alicyclic amines) is 1. The van der Waals surface area contributed by atoms with Crippen molar-refractivity contribution in [3.63, 3.8) is 0 Å². The van der Waals surface area contributed by atoms with E-state index in [4.69, 9.17) is 16.3 Å². The van der Waals surface area contributed by atoms with Crippen LogP contribution in [0.15, 0.2) is 18.2 Å². The number of ether oxygens (including phenoxy) is 1. The third kappa shape index (κ3) is 4.61. The maximum Gasteiger partial charge on any atom is 0.242 e. The van der Waals surface area contributed by atoms with Crippen LogP contribution in [0.1, 0.15) is 32.6 Å². The summed E-state index contributed by atoms with van der Waals surface area (Å²) in [7, 11) is 1.53. The highest BCUT2D eigenvalue weighted by Gasteiger charge is 2.21. The maximum atomic E-state index is 12.5. The van der Waals surface area contributed by atoms with Gasteiger partial charge in [0.2, 0.25) is 11.8 Å². The van der Waals surface area contributed by atoms with Crippen LogP contribution in [0.3, 0.4) is 0 Å². The van der Waals surface area contributed by atoms with Crippen LogP contribution >= 0.6 is 11.6 Å². The third-order valence-electron chi connectivity index (χ3n) is 4.08. The van der Waals surface area contributed by atoms with E-state index >= 15 is 0 Å². The van der Waals surface area contributed by atoms with E-state index in [0.717, 1.165) is 38.8 Å². The molecule has 1 aliphatic rings. The van der Waals surface area contributed by atoms with Crippen molar-refractivity contribution >= 4 is 29.1 Å². The number of anilines is 1. The summed E-state index contributed by atoms with van der Waals surface area (Å²) in [6, 6.07) is 5.09. The molecule has 0 unspecified atom stereocenters. The first kappa shape index (κ1) is 17.6. The molecule has 0 saturated carbocycles. The van der Waals surface area contributed by atoms with E-state index in [-0.39, 0.29) is 18.4 Å². The molecule has 0 aliphatic carbocycles. The average Bonchev–Trinajstić information content (AvgIpc) is 2.81. The van der Waals surface area contributed by atoms with Crippen LogP contribution in [-0.2, 0) is 9.59 Å². The standard InChI is InChI=1S/C17H23ClN2O3/c1-13(21)20(14-7-8-16(23-2)15(18)11-14)12-17(22)19-9-5-3-4-6-10-19/h7-8,11H,3-6,9-10,12H2,1-2H3. The Bertz CT molecular complexity index is 569. The van der Waals surface area contributed by atoms with Crippen LogP contribution in [0.2, 0.25) is 5.02 Å². The zero-order valence-electron chi connectivity index (χ0n) is 13.7. The first-order valence-corrected chi connectivity index (χ1v) is 8.30. The first-order chi connectivity index (χ1) is 11.0. The lowest BCUT2D eigenvalue weighted by Crippen LogP contribution is -2.42. The largest absolute Gasteiger partial charge is 0.495 e. The van der Waals surface area contributed by atoms with E-state index in [1.165, 1.54) is 18.9 Å². The lowest BCUT2D eigenvalue weighted by molar-refractivity contribution is -0.131. The van der Waals surface area contributed by atoms with E-state index in [1.807, 2.05) is 4.90 Å². The van der Waals surface area contributed by atoms with E-state index in [2.05, 4.69) is 0 Å². The molecule has 1 fully saturated rings. The van der Waals surface area contributed by atoms with Crippen molar-refractivity contribution in [3.8, 4) is 5.75 Å². The fraction of sp³-hybridized carbons (Fsp3) is 0.529. The Kier molecular flexibility index (Phi) is 6.28. The molecule has 0 spiro atoms. The molecule has 5 nitrogen and oxygen atoms in total. The Morgan fingerprint density at radius 3 is 2.39 bits per heavy atom. The number of carbonyl (C=O) groups is 2. The van der Waals surface area contributed by atoms with Crippen LogP contribution in [0, 0.1) is 0 Å². The summed E-state index contributed by atoms with van der Waals surface area (Å²) in [5.41, 5.74) is 0.603. The van der Waals surface area contributed by atoms with Crippen molar-refractivity contribution in [1.29, 1.82) is 0 Å². The second-order valence-corrected chi connectivity index (χ2v) is 6.13. The number of carbonyl (C=O) groups excluding carboxylic acids is 2. The molecule has 1 heterocycles. The number of halogens is 1. The van der Waals surface area contributed by atoms with Gasteiger partial charge in [-0.15, -0.1) is 0 Å². The maximum absolute atomic E-state index is 12.5. The number of hydrogen-bond acceptors (Lipinski definition) is 3. The van der Waals surface area contributed by atoms with Crippen molar-refractivity contribution in [1.82, 2.24) is 4.90 Å². The molecule has 0 bridgehead atoms. The SMILES string of the molecule is COc1ccc(N(CC(=O)N2CCCCCC2)C(C)=O)cc1Cl. The van der Waals surface area contributed by atoms with E-state index in [1.54, 1.807) is 18.2 Å². The lowest BCUT2D eigenvalue weighted by Gasteiger charge is -2.26. The van der Waals surface area contributed by atoms with E-state index < -0.39 is 0 Å². The van der Waals surface area contributed by atoms with Crippen molar-refractivity contribution in [2.45, 2.75) is 32.6 Å². The number of hydrogen-bond donors (Lipinski definition) is 0. The molecule has 2 rings (SSSR count). The molecular weight excluding hydrogens is 316 g/mol. The van der Waals surface area contributed by atoms with Gasteiger partial charge in [0.1, 0.15) is 12.3 Å². The summed E-state index contributed by atoms with van der Waals surface area (Å²) >= 11 is 6.13. The van der Waals surface area contributed by atoms with Gasteiger partial charge in [-0.25, -0.2) is 0 Å². The van der Waals surface area contributed by atoms with Gasteiger partial charge in [0.25, 0.3) is 0 Å². The molecule has 0 radical (unpaired) electrons. The van der Waals surface area contributed by atoms with Crippen LogP contribution in [0.5, 0.6) is 5.75 Å². The Labute approximate surface area is 142 Å².